The molecule has 0 aliphatic carbocycles. The van der Waals surface area contributed by atoms with Crippen LogP contribution in [0.15, 0.2) is 42.0 Å². The van der Waals surface area contributed by atoms with Gasteiger partial charge in [-0.3, -0.25) is 5.32 Å². The van der Waals surface area contributed by atoms with Crippen LogP contribution in [0.4, 0.5) is 22.0 Å². The van der Waals surface area contributed by atoms with E-state index in [2.05, 4.69) is 38.9 Å². The van der Waals surface area contributed by atoms with Gasteiger partial charge in [0.1, 0.15) is 18.2 Å². The summed E-state index contributed by atoms with van der Waals surface area (Å²) in [7, 11) is 0. The number of carbonyl (C=O) groups is 1. The second-order valence-electron chi connectivity index (χ2n) is 6.94. The lowest BCUT2D eigenvalue weighted by Crippen LogP contribution is -2.27. The number of hydrogen-bond donors (Lipinski definition) is 1. The monoisotopic (exact) mass is 411 g/mol. The molecule has 29 heavy (non-hydrogen) atoms. The van der Waals surface area contributed by atoms with Crippen LogP contribution in [0, 0.1) is 0 Å². The molecule has 1 amide bonds. The van der Waals surface area contributed by atoms with Crippen molar-refractivity contribution in [1.29, 1.82) is 0 Å². The van der Waals surface area contributed by atoms with Crippen LogP contribution in [0.5, 0.6) is 0 Å². The minimum atomic E-state index is -0.420. The van der Waals surface area contributed by atoms with Crippen LogP contribution in [-0.2, 0) is 4.74 Å². The summed E-state index contributed by atoms with van der Waals surface area (Å²) >= 11 is 1.63. The van der Waals surface area contributed by atoms with E-state index in [0.29, 0.717) is 6.54 Å². The van der Waals surface area contributed by atoms with E-state index in [1.807, 2.05) is 35.7 Å². The van der Waals surface area contributed by atoms with Gasteiger partial charge >= 0.3 is 6.09 Å². The van der Waals surface area contributed by atoms with Gasteiger partial charge in [-0.15, -0.1) is 11.3 Å². The van der Waals surface area contributed by atoms with E-state index in [4.69, 9.17) is 4.74 Å². The molecule has 1 aliphatic heterocycles. The SMILES string of the molecule is CCN(CC)c1ccc(NC(=O)OC2CCN(c3ncnc4ccsc34)C2)cc1. The Morgan fingerprint density at radius 3 is 2.79 bits per heavy atom. The van der Waals surface area contributed by atoms with Crippen LogP contribution in [0.25, 0.3) is 10.2 Å². The molecule has 152 valence electrons. The third kappa shape index (κ3) is 4.27. The highest BCUT2D eigenvalue weighted by molar-refractivity contribution is 7.17. The largest absolute Gasteiger partial charge is 0.444 e. The van der Waals surface area contributed by atoms with Crippen molar-refractivity contribution in [1.82, 2.24) is 9.97 Å². The number of nitrogens with one attached hydrogen (secondary N) is 1. The van der Waals surface area contributed by atoms with Crippen molar-refractivity contribution in [3.8, 4) is 0 Å². The number of nitrogens with zero attached hydrogens (tertiary/aromatic N) is 4. The number of benzene rings is 1. The first-order valence-corrected chi connectivity index (χ1v) is 10.8. The first kappa shape index (κ1) is 19.4. The molecule has 7 nitrogen and oxygen atoms in total. The normalized spacial score (nSPS) is 16.2. The minimum Gasteiger partial charge on any atom is -0.444 e. The summed E-state index contributed by atoms with van der Waals surface area (Å²) in [5.74, 6) is 0.920. The quantitative estimate of drug-likeness (QED) is 0.650. The molecule has 4 rings (SSSR count). The lowest BCUT2D eigenvalue weighted by molar-refractivity contribution is 0.122. The second-order valence-corrected chi connectivity index (χ2v) is 7.85. The number of carbonyl (C=O) groups excluding carboxylic acids is 1. The fourth-order valence-corrected chi connectivity index (χ4v) is 4.52. The molecular formula is C21H25N5O2S. The van der Waals surface area contributed by atoms with Crippen molar-refractivity contribution in [2.75, 3.05) is 41.3 Å². The Morgan fingerprint density at radius 1 is 1.24 bits per heavy atom. The van der Waals surface area contributed by atoms with Gasteiger partial charge in [0.15, 0.2) is 0 Å². The summed E-state index contributed by atoms with van der Waals surface area (Å²) in [6.07, 6.45) is 1.80. The Labute approximate surface area is 174 Å². The Balaban J connectivity index is 1.33. The van der Waals surface area contributed by atoms with Crippen LogP contribution in [0.1, 0.15) is 20.3 Å². The number of aromatic nitrogens is 2. The highest BCUT2D eigenvalue weighted by atomic mass is 32.1. The average molecular weight is 412 g/mol. The van der Waals surface area contributed by atoms with E-state index in [9.17, 15) is 4.79 Å². The predicted octanol–water partition coefficient (Wildman–Crippen LogP) is 4.36. The van der Waals surface area contributed by atoms with Gasteiger partial charge in [0.2, 0.25) is 0 Å². The van der Waals surface area contributed by atoms with Gasteiger partial charge in [-0.25, -0.2) is 14.8 Å². The molecule has 3 heterocycles. The van der Waals surface area contributed by atoms with Gasteiger partial charge in [0.05, 0.1) is 16.8 Å². The van der Waals surface area contributed by atoms with Crippen molar-refractivity contribution in [3.63, 3.8) is 0 Å². The van der Waals surface area contributed by atoms with Gasteiger partial charge in [0, 0.05) is 37.4 Å². The van der Waals surface area contributed by atoms with E-state index < -0.39 is 6.09 Å². The molecule has 3 aromatic rings. The van der Waals surface area contributed by atoms with E-state index in [-0.39, 0.29) is 6.10 Å². The molecule has 1 saturated heterocycles. The number of thiophene rings is 1. The zero-order valence-electron chi connectivity index (χ0n) is 16.7. The number of amides is 1. The summed E-state index contributed by atoms with van der Waals surface area (Å²) in [4.78, 5) is 25.5. The highest BCUT2D eigenvalue weighted by Gasteiger charge is 2.28. The lowest BCUT2D eigenvalue weighted by atomic mass is 10.2. The standard InChI is InChI=1S/C21H25N5O2S/c1-3-25(4-2)16-7-5-15(6-8-16)24-21(27)28-17-9-11-26(13-17)20-19-18(10-12-29-19)22-14-23-20/h5-8,10,12,14,17H,3-4,9,11,13H2,1-2H3,(H,24,27). The fraction of sp³-hybridized carbons (Fsp3) is 0.381. The first-order chi connectivity index (χ1) is 14.2. The Morgan fingerprint density at radius 2 is 2.03 bits per heavy atom. The first-order valence-electron chi connectivity index (χ1n) is 9.93. The molecule has 1 aromatic carbocycles. The van der Waals surface area contributed by atoms with Crippen molar-refractivity contribution < 1.29 is 9.53 Å². The van der Waals surface area contributed by atoms with E-state index in [1.54, 1.807) is 17.7 Å². The molecule has 1 N–H and O–H groups in total. The molecule has 0 saturated carbocycles. The molecular weight excluding hydrogens is 386 g/mol. The number of hydrogen-bond acceptors (Lipinski definition) is 7. The van der Waals surface area contributed by atoms with Crippen LogP contribution in [0.3, 0.4) is 0 Å². The smallest absolute Gasteiger partial charge is 0.411 e. The highest BCUT2D eigenvalue weighted by Crippen LogP contribution is 2.30. The molecule has 1 fully saturated rings. The third-order valence-corrected chi connectivity index (χ3v) is 6.08. The van der Waals surface area contributed by atoms with Gasteiger partial charge in [-0.2, -0.15) is 0 Å². The average Bonchev–Trinajstić information content (AvgIpc) is 3.39. The maximum absolute atomic E-state index is 12.3. The number of rotatable bonds is 6. The van der Waals surface area contributed by atoms with Gasteiger partial charge in [-0.05, 0) is 49.6 Å². The van der Waals surface area contributed by atoms with E-state index in [1.165, 1.54) is 0 Å². The zero-order valence-corrected chi connectivity index (χ0v) is 17.5. The Hall–Kier alpha value is -2.87. The summed E-state index contributed by atoms with van der Waals surface area (Å²) in [5.41, 5.74) is 2.83. The van der Waals surface area contributed by atoms with E-state index in [0.717, 1.165) is 53.5 Å². The topological polar surface area (TPSA) is 70.6 Å². The summed E-state index contributed by atoms with van der Waals surface area (Å²) < 4.78 is 6.71. The third-order valence-electron chi connectivity index (χ3n) is 5.18. The Bertz CT molecular complexity index is 971. The summed E-state index contributed by atoms with van der Waals surface area (Å²) in [6, 6.07) is 9.84. The molecule has 0 bridgehead atoms. The van der Waals surface area contributed by atoms with Crippen molar-refractivity contribution in [2.45, 2.75) is 26.4 Å². The summed E-state index contributed by atoms with van der Waals surface area (Å²) in [6.45, 7) is 7.60. The predicted molar refractivity (Wildman–Crippen MR) is 118 cm³/mol. The molecule has 0 spiro atoms. The molecule has 1 atom stereocenters. The zero-order chi connectivity index (χ0) is 20.2. The molecule has 8 heteroatoms. The van der Waals surface area contributed by atoms with Crippen molar-refractivity contribution in [2.24, 2.45) is 0 Å². The molecule has 2 aromatic heterocycles. The lowest BCUT2D eigenvalue weighted by Gasteiger charge is -2.21. The van der Waals surface area contributed by atoms with Crippen molar-refractivity contribution in [3.05, 3.63) is 42.0 Å². The number of ether oxygens (including phenoxy) is 1. The van der Waals surface area contributed by atoms with Crippen LogP contribution < -0.4 is 15.1 Å². The molecule has 0 radical (unpaired) electrons. The minimum absolute atomic E-state index is 0.157. The van der Waals surface area contributed by atoms with Crippen LogP contribution in [0.2, 0.25) is 0 Å². The Kier molecular flexibility index (Phi) is 5.80. The van der Waals surface area contributed by atoms with Gasteiger partial charge in [0.25, 0.3) is 0 Å². The maximum atomic E-state index is 12.3. The number of fused-ring (bicyclic) bond motifs is 1. The van der Waals surface area contributed by atoms with Gasteiger partial charge in [-0.1, -0.05) is 0 Å². The fourth-order valence-electron chi connectivity index (χ4n) is 3.66. The second kappa shape index (κ2) is 8.65. The van der Waals surface area contributed by atoms with Crippen LogP contribution >= 0.6 is 11.3 Å². The van der Waals surface area contributed by atoms with Crippen molar-refractivity contribution >= 4 is 44.8 Å². The number of anilines is 3. The molecule has 1 unspecified atom stereocenters. The van der Waals surface area contributed by atoms with E-state index >= 15 is 0 Å². The maximum Gasteiger partial charge on any atom is 0.411 e. The van der Waals surface area contributed by atoms with Gasteiger partial charge < -0.3 is 14.5 Å². The molecule has 1 aliphatic rings. The summed E-state index contributed by atoms with van der Waals surface area (Å²) in [5, 5.41) is 4.85. The van der Waals surface area contributed by atoms with Crippen LogP contribution in [-0.4, -0.2) is 48.3 Å².